The van der Waals surface area contributed by atoms with Crippen LogP contribution in [0.5, 0.6) is 11.5 Å². The van der Waals surface area contributed by atoms with E-state index in [0.717, 1.165) is 32.4 Å². The number of esters is 1. The number of halogens is 3. The minimum atomic E-state index is -1.26. The predicted molar refractivity (Wildman–Crippen MR) is 170 cm³/mol. The highest BCUT2D eigenvalue weighted by molar-refractivity contribution is 6.34. The normalized spacial score (nSPS) is 19.0. The van der Waals surface area contributed by atoms with Crippen molar-refractivity contribution in [3.8, 4) is 22.6 Å². The van der Waals surface area contributed by atoms with E-state index in [2.05, 4.69) is 5.32 Å². The second kappa shape index (κ2) is 14.5. The van der Waals surface area contributed by atoms with Crippen molar-refractivity contribution in [2.75, 3.05) is 33.5 Å². The van der Waals surface area contributed by atoms with Gasteiger partial charge in [-0.2, -0.15) is 0 Å². The van der Waals surface area contributed by atoms with Crippen molar-refractivity contribution in [1.82, 2.24) is 5.32 Å². The number of benzene rings is 3. The van der Waals surface area contributed by atoms with E-state index in [1.165, 1.54) is 12.1 Å². The summed E-state index contributed by atoms with van der Waals surface area (Å²) in [7, 11) is 1.16. The Bertz CT molecular complexity index is 1610. The van der Waals surface area contributed by atoms with Crippen LogP contribution < -0.4 is 14.8 Å². The van der Waals surface area contributed by atoms with Crippen LogP contribution in [-0.4, -0.2) is 57.4 Å². The predicted octanol–water partition coefficient (Wildman–Crippen LogP) is 7.35. The van der Waals surface area contributed by atoms with E-state index in [4.69, 9.17) is 40.0 Å². The number of methoxy groups -OCH3 is 1. The molecule has 1 saturated heterocycles. The number of hydrogen-bond donors (Lipinski definition) is 1. The fraction of sp³-hybridized carbons (Fsp3) is 0.429. The van der Waals surface area contributed by atoms with Gasteiger partial charge in [-0.1, -0.05) is 41.9 Å². The highest BCUT2D eigenvalue weighted by atomic mass is 35.5. The van der Waals surface area contributed by atoms with Gasteiger partial charge in [-0.15, -0.1) is 0 Å². The summed E-state index contributed by atoms with van der Waals surface area (Å²) in [6, 6.07) is 12.8. The van der Waals surface area contributed by atoms with Crippen molar-refractivity contribution in [1.29, 1.82) is 0 Å². The first-order valence-electron chi connectivity index (χ1n) is 15.4. The molecule has 3 aromatic rings. The van der Waals surface area contributed by atoms with Crippen molar-refractivity contribution in [2.45, 2.75) is 63.9 Å². The highest BCUT2D eigenvalue weighted by Gasteiger charge is 2.45. The van der Waals surface area contributed by atoms with E-state index >= 15 is 8.78 Å². The van der Waals surface area contributed by atoms with Crippen LogP contribution >= 0.6 is 11.6 Å². The smallest absolute Gasteiger partial charge is 0.407 e. The van der Waals surface area contributed by atoms with Crippen molar-refractivity contribution in [3.05, 3.63) is 81.9 Å². The molecular weight excluding hydrogens is 636 g/mol. The quantitative estimate of drug-likeness (QED) is 0.176. The maximum Gasteiger partial charge on any atom is 0.407 e. The molecule has 0 aromatic heterocycles. The number of ether oxygens (including phenoxy) is 6. The molecule has 5 rings (SSSR count). The molecule has 1 amide bonds. The zero-order chi connectivity index (χ0) is 33.8. The Hall–Kier alpha value is -3.93. The fourth-order valence-corrected chi connectivity index (χ4v) is 5.96. The van der Waals surface area contributed by atoms with Gasteiger partial charge in [0.25, 0.3) is 0 Å². The number of carbonyl (C=O) groups is 2. The number of alkyl carbamates (subject to hydrolysis) is 1. The van der Waals surface area contributed by atoms with Gasteiger partial charge in [0.2, 0.25) is 0 Å². The van der Waals surface area contributed by atoms with Crippen LogP contribution in [0, 0.1) is 11.6 Å². The first-order chi connectivity index (χ1) is 22.4. The molecule has 1 fully saturated rings. The average Bonchev–Trinajstić information content (AvgIpc) is 3.42. The van der Waals surface area contributed by atoms with Gasteiger partial charge in [-0.05, 0) is 57.7 Å². The minimum Gasteiger partial charge on any atom is -0.488 e. The standard InChI is InChI=1S/C35H38ClF2NO8/c1-34(2,3)47-33(41)39-20-35(21-10-6-5-7-11-21)19-23-26(46-35)18-24(37)30(36)28(23)29-22(32(40)42-4)13-14-25(31(29)38)43-16-17-45-27-12-8-9-15-44-27/h5-7,10-11,13-14,18,27H,8-9,12,15-17,19-20H2,1-4H3,(H,39,41). The number of nitrogens with one attached hydrogen (secondary N) is 1. The number of fused-ring (bicyclic) bond motifs is 1. The summed E-state index contributed by atoms with van der Waals surface area (Å²) in [5.41, 5.74) is -1.62. The topological polar surface area (TPSA) is 102 Å². The van der Waals surface area contributed by atoms with E-state index in [0.29, 0.717) is 17.7 Å². The van der Waals surface area contributed by atoms with Crippen molar-refractivity contribution in [3.63, 3.8) is 0 Å². The van der Waals surface area contributed by atoms with Crippen LogP contribution in [0.25, 0.3) is 11.1 Å². The summed E-state index contributed by atoms with van der Waals surface area (Å²) >= 11 is 6.59. The van der Waals surface area contributed by atoms with Crippen molar-refractivity contribution < 1.29 is 46.8 Å². The van der Waals surface area contributed by atoms with Crippen LogP contribution in [-0.2, 0) is 31.0 Å². The lowest BCUT2D eigenvalue weighted by atomic mass is 9.85. The Morgan fingerprint density at radius 2 is 1.83 bits per heavy atom. The lowest BCUT2D eigenvalue weighted by molar-refractivity contribution is -0.165. The van der Waals surface area contributed by atoms with Crippen LogP contribution in [0.4, 0.5) is 13.6 Å². The molecule has 0 spiro atoms. The second-order valence-electron chi connectivity index (χ2n) is 12.3. The molecule has 9 nitrogen and oxygen atoms in total. The number of hydrogen-bond acceptors (Lipinski definition) is 8. The van der Waals surface area contributed by atoms with Gasteiger partial charge >= 0.3 is 12.1 Å². The largest absolute Gasteiger partial charge is 0.488 e. The minimum absolute atomic E-state index is 0.0145. The van der Waals surface area contributed by atoms with Crippen LogP contribution in [0.1, 0.15) is 61.5 Å². The van der Waals surface area contributed by atoms with Crippen molar-refractivity contribution in [2.24, 2.45) is 0 Å². The lowest BCUT2D eigenvalue weighted by Crippen LogP contribution is -2.45. The number of amides is 1. The van der Waals surface area contributed by atoms with Gasteiger partial charge in [0.05, 0.1) is 30.8 Å². The zero-order valence-corrected chi connectivity index (χ0v) is 27.5. The molecule has 47 heavy (non-hydrogen) atoms. The van der Waals surface area contributed by atoms with Gasteiger partial charge < -0.3 is 33.7 Å². The van der Waals surface area contributed by atoms with Gasteiger partial charge in [0, 0.05) is 35.8 Å². The molecule has 2 heterocycles. The number of carbonyl (C=O) groups excluding carboxylic acids is 2. The summed E-state index contributed by atoms with van der Waals surface area (Å²) < 4.78 is 65.8. The molecule has 252 valence electrons. The van der Waals surface area contributed by atoms with Gasteiger partial charge in [0.15, 0.2) is 23.5 Å². The molecule has 2 atom stereocenters. The summed E-state index contributed by atoms with van der Waals surface area (Å²) in [4.78, 5) is 25.6. The third-order valence-corrected chi connectivity index (χ3v) is 8.18. The maximum absolute atomic E-state index is 16.5. The van der Waals surface area contributed by atoms with E-state index in [1.807, 2.05) is 6.07 Å². The molecule has 2 aliphatic rings. The Balaban J connectivity index is 1.53. The molecule has 0 radical (unpaired) electrons. The molecule has 0 saturated carbocycles. The molecule has 12 heteroatoms. The Kier molecular flexibility index (Phi) is 10.6. The summed E-state index contributed by atoms with van der Waals surface area (Å²) in [5, 5.41) is 2.33. The molecule has 2 aliphatic heterocycles. The second-order valence-corrected chi connectivity index (χ2v) is 12.7. The van der Waals surface area contributed by atoms with E-state index in [-0.39, 0.29) is 60.7 Å². The Morgan fingerprint density at radius 3 is 2.51 bits per heavy atom. The monoisotopic (exact) mass is 673 g/mol. The van der Waals surface area contributed by atoms with Gasteiger partial charge in [-0.3, -0.25) is 0 Å². The first kappa shape index (κ1) is 34.4. The summed E-state index contributed by atoms with van der Waals surface area (Å²) in [6.07, 6.45) is 1.72. The Labute approximate surface area is 277 Å². The molecular formula is C35H38ClF2NO8. The molecule has 0 bridgehead atoms. The van der Waals surface area contributed by atoms with Crippen LogP contribution in [0.2, 0.25) is 5.02 Å². The third-order valence-electron chi connectivity index (χ3n) is 7.82. The van der Waals surface area contributed by atoms with Crippen molar-refractivity contribution >= 4 is 23.7 Å². The zero-order valence-electron chi connectivity index (χ0n) is 26.8. The molecule has 2 unspecified atom stereocenters. The maximum atomic E-state index is 16.5. The van der Waals surface area contributed by atoms with E-state index in [9.17, 15) is 9.59 Å². The first-order valence-corrected chi connectivity index (χ1v) is 15.8. The highest BCUT2D eigenvalue weighted by Crippen LogP contribution is 2.50. The third kappa shape index (κ3) is 7.80. The van der Waals surface area contributed by atoms with Crippen LogP contribution in [0.3, 0.4) is 0 Å². The van der Waals surface area contributed by atoms with Crippen LogP contribution in [0.15, 0.2) is 48.5 Å². The summed E-state index contributed by atoms with van der Waals surface area (Å²) in [5.74, 6) is -2.83. The van der Waals surface area contributed by atoms with E-state index < -0.39 is 39.9 Å². The molecule has 3 aromatic carbocycles. The fourth-order valence-electron chi connectivity index (χ4n) is 5.70. The van der Waals surface area contributed by atoms with Gasteiger partial charge in [0.1, 0.15) is 23.8 Å². The molecule has 0 aliphatic carbocycles. The van der Waals surface area contributed by atoms with Gasteiger partial charge in [-0.25, -0.2) is 18.4 Å². The SMILES string of the molecule is COC(=O)c1ccc(OCCOC2CCCCO2)c(F)c1-c1c(Cl)c(F)cc2c1CC(CNC(=O)OC(C)(C)C)(c1ccccc1)O2. The lowest BCUT2D eigenvalue weighted by Gasteiger charge is -2.30. The molecule has 1 N–H and O–H groups in total. The average molecular weight is 674 g/mol. The van der Waals surface area contributed by atoms with E-state index in [1.54, 1.807) is 45.0 Å². The summed E-state index contributed by atoms with van der Waals surface area (Å²) in [6.45, 7) is 5.86. The number of rotatable bonds is 10. The Morgan fingerprint density at radius 1 is 1.06 bits per heavy atom.